The largest absolute Gasteiger partial charge is 0.310 e. The molecule has 0 saturated heterocycles. The molecular weight excluding hydrogens is 266 g/mol. The molecule has 104 valence electrons. The predicted octanol–water partition coefficient (Wildman–Crippen LogP) is 1.33. The summed E-state index contributed by atoms with van der Waals surface area (Å²) in [7, 11) is 0. The predicted molar refractivity (Wildman–Crippen MR) is 77.9 cm³/mol. The van der Waals surface area contributed by atoms with Crippen LogP contribution < -0.4 is 11.0 Å². The number of nitriles is 1. The minimum Gasteiger partial charge on any atom is -0.310 e. The van der Waals surface area contributed by atoms with Crippen molar-refractivity contribution in [1.82, 2.24) is 14.0 Å². The molecular formula is C15H13N5O. The molecule has 0 aliphatic carbocycles. The average molecular weight is 279 g/mol. The Morgan fingerprint density at radius 2 is 2.19 bits per heavy atom. The van der Waals surface area contributed by atoms with E-state index >= 15 is 0 Å². The lowest BCUT2D eigenvalue weighted by Crippen LogP contribution is -2.27. The van der Waals surface area contributed by atoms with Crippen LogP contribution in [0.1, 0.15) is 18.1 Å². The third-order valence-electron chi connectivity index (χ3n) is 3.57. The fourth-order valence-corrected chi connectivity index (χ4v) is 2.49. The Morgan fingerprint density at radius 1 is 1.43 bits per heavy atom. The molecule has 0 radical (unpaired) electrons. The first-order valence-corrected chi connectivity index (χ1v) is 6.58. The Morgan fingerprint density at radius 3 is 2.86 bits per heavy atom. The first-order chi connectivity index (χ1) is 10.1. The van der Waals surface area contributed by atoms with Gasteiger partial charge < -0.3 is 4.57 Å². The lowest BCUT2D eigenvalue weighted by atomic mass is 10.2. The molecule has 3 rings (SSSR count). The number of hydrogen-bond acceptors (Lipinski definition) is 4. The van der Waals surface area contributed by atoms with E-state index in [4.69, 9.17) is 10.7 Å². The van der Waals surface area contributed by atoms with Gasteiger partial charge in [0.15, 0.2) is 0 Å². The van der Waals surface area contributed by atoms with E-state index < -0.39 is 0 Å². The zero-order valence-electron chi connectivity index (χ0n) is 11.7. The lowest BCUT2D eigenvalue weighted by Gasteiger charge is -2.11. The normalized spacial score (nSPS) is 10.9. The quantitative estimate of drug-likeness (QED) is 0.682. The molecule has 21 heavy (non-hydrogen) atoms. The van der Waals surface area contributed by atoms with Crippen LogP contribution in [0.2, 0.25) is 0 Å². The van der Waals surface area contributed by atoms with Gasteiger partial charge in [0.1, 0.15) is 22.9 Å². The van der Waals surface area contributed by atoms with Gasteiger partial charge in [-0.05, 0) is 31.5 Å². The van der Waals surface area contributed by atoms with Gasteiger partial charge >= 0.3 is 0 Å². The second kappa shape index (κ2) is 4.56. The van der Waals surface area contributed by atoms with Crippen LogP contribution in [0.25, 0.3) is 16.7 Å². The molecule has 3 aromatic heterocycles. The maximum Gasteiger partial charge on any atom is 0.267 e. The molecule has 3 aromatic rings. The van der Waals surface area contributed by atoms with E-state index in [1.165, 1.54) is 10.5 Å². The van der Waals surface area contributed by atoms with Crippen LogP contribution in [0.5, 0.6) is 0 Å². The van der Waals surface area contributed by atoms with Crippen LogP contribution >= 0.6 is 0 Å². The first kappa shape index (κ1) is 13.1. The van der Waals surface area contributed by atoms with Crippen molar-refractivity contribution in [2.75, 3.05) is 0 Å². The van der Waals surface area contributed by atoms with Gasteiger partial charge in [-0.15, -0.1) is 0 Å². The van der Waals surface area contributed by atoms with Crippen molar-refractivity contribution in [2.45, 2.75) is 20.4 Å². The molecule has 0 spiro atoms. The summed E-state index contributed by atoms with van der Waals surface area (Å²) in [5.41, 5.74) is 1.93. The Labute approximate surface area is 120 Å². The van der Waals surface area contributed by atoms with Gasteiger partial charge in [-0.2, -0.15) is 5.26 Å². The van der Waals surface area contributed by atoms with Gasteiger partial charge in [-0.1, -0.05) is 6.07 Å². The zero-order chi connectivity index (χ0) is 15.1. The molecule has 0 fully saturated rings. The molecule has 0 amide bonds. The molecule has 0 aromatic carbocycles. The van der Waals surface area contributed by atoms with E-state index in [-0.39, 0.29) is 16.6 Å². The third kappa shape index (κ3) is 1.75. The summed E-state index contributed by atoms with van der Waals surface area (Å²) < 4.78 is 3.06. The van der Waals surface area contributed by atoms with Crippen LogP contribution in [0, 0.1) is 23.7 Å². The number of nitrogens with one attached hydrogen (secondary N) is 1. The van der Waals surface area contributed by atoms with Crippen LogP contribution in [0.3, 0.4) is 0 Å². The minimum atomic E-state index is -0.225. The average Bonchev–Trinajstić information content (AvgIpc) is 2.48. The van der Waals surface area contributed by atoms with Gasteiger partial charge in [-0.25, -0.2) is 4.98 Å². The van der Waals surface area contributed by atoms with Gasteiger partial charge in [0.2, 0.25) is 0 Å². The van der Waals surface area contributed by atoms with Crippen molar-refractivity contribution in [3.8, 4) is 6.07 Å². The number of rotatable bonds is 1. The van der Waals surface area contributed by atoms with Crippen molar-refractivity contribution in [1.29, 1.82) is 10.7 Å². The Kier molecular flexibility index (Phi) is 2.84. The molecule has 0 atom stereocenters. The van der Waals surface area contributed by atoms with Gasteiger partial charge in [0, 0.05) is 12.7 Å². The lowest BCUT2D eigenvalue weighted by molar-refractivity contribution is 0.720. The number of aryl methyl sites for hydroxylation is 2. The van der Waals surface area contributed by atoms with Crippen molar-refractivity contribution in [2.24, 2.45) is 0 Å². The first-order valence-electron chi connectivity index (χ1n) is 6.58. The van der Waals surface area contributed by atoms with Gasteiger partial charge in [0.05, 0.1) is 10.9 Å². The maximum absolute atomic E-state index is 12.6. The SMILES string of the molecule is CCn1c(=N)c(C#N)cc2c(=O)n3cccc(C)c3nc21. The maximum atomic E-state index is 12.6. The van der Waals surface area contributed by atoms with E-state index in [2.05, 4.69) is 4.98 Å². The highest BCUT2D eigenvalue weighted by Crippen LogP contribution is 2.12. The van der Waals surface area contributed by atoms with E-state index in [9.17, 15) is 4.79 Å². The smallest absolute Gasteiger partial charge is 0.267 e. The van der Waals surface area contributed by atoms with Gasteiger partial charge in [-0.3, -0.25) is 14.6 Å². The zero-order valence-corrected chi connectivity index (χ0v) is 11.7. The molecule has 0 aliphatic heterocycles. The molecule has 0 unspecified atom stereocenters. The van der Waals surface area contributed by atoms with Crippen molar-refractivity contribution in [3.63, 3.8) is 0 Å². The number of hydrogen-bond donors (Lipinski definition) is 1. The third-order valence-corrected chi connectivity index (χ3v) is 3.57. The molecule has 6 heteroatoms. The topological polar surface area (TPSA) is 86.9 Å². The van der Waals surface area contributed by atoms with Crippen molar-refractivity contribution < 1.29 is 0 Å². The fourth-order valence-electron chi connectivity index (χ4n) is 2.49. The highest BCUT2D eigenvalue weighted by Gasteiger charge is 2.12. The van der Waals surface area contributed by atoms with E-state index in [0.29, 0.717) is 23.2 Å². The molecule has 3 heterocycles. The second-order valence-electron chi connectivity index (χ2n) is 4.80. The number of pyridine rings is 2. The van der Waals surface area contributed by atoms with Crippen LogP contribution in [0.15, 0.2) is 29.2 Å². The van der Waals surface area contributed by atoms with Crippen LogP contribution in [-0.2, 0) is 6.54 Å². The van der Waals surface area contributed by atoms with Crippen molar-refractivity contribution in [3.05, 3.63) is 51.4 Å². The van der Waals surface area contributed by atoms with E-state index in [0.717, 1.165) is 5.56 Å². The summed E-state index contributed by atoms with van der Waals surface area (Å²) in [4.78, 5) is 17.2. The molecule has 6 nitrogen and oxygen atoms in total. The highest BCUT2D eigenvalue weighted by molar-refractivity contribution is 5.78. The van der Waals surface area contributed by atoms with Crippen LogP contribution in [-0.4, -0.2) is 14.0 Å². The summed E-state index contributed by atoms with van der Waals surface area (Å²) >= 11 is 0. The number of aromatic nitrogens is 3. The van der Waals surface area contributed by atoms with Gasteiger partial charge in [0.25, 0.3) is 5.56 Å². The number of fused-ring (bicyclic) bond motifs is 2. The Bertz CT molecular complexity index is 1040. The summed E-state index contributed by atoms with van der Waals surface area (Å²) in [5.74, 6) is 0. The van der Waals surface area contributed by atoms with Crippen LogP contribution in [0.4, 0.5) is 0 Å². The summed E-state index contributed by atoms with van der Waals surface area (Å²) in [5, 5.41) is 17.5. The molecule has 1 N–H and O–H groups in total. The Hall–Kier alpha value is -2.94. The highest BCUT2D eigenvalue weighted by atomic mass is 16.1. The fraction of sp³-hybridized carbons (Fsp3) is 0.200. The summed E-state index contributed by atoms with van der Waals surface area (Å²) in [6.07, 6.45) is 1.66. The van der Waals surface area contributed by atoms with Crippen molar-refractivity contribution >= 4 is 16.7 Å². The van der Waals surface area contributed by atoms with E-state index in [1.54, 1.807) is 16.8 Å². The monoisotopic (exact) mass is 279 g/mol. The minimum absolute atomic E-state index is 0.0809. The molecule has 0 bridgehead atoms. The van der Waals surface area contributed by atoms with E-state index in [1.807, 2.05) is 26.0 Å². The molecule has 0 saturated carbocycles. The Balaban J connectivity index is 2.68. The summed E-state index contributed by atoms with van der Waals surface area (Å²) in [6.45, 7) is 4.22. The second-order valence-corrected chi connectivity index (χ2v) is 4.80. The molecule has 0 aliphatic rings. The summed E-state index contributed by atoms with van der Waals surface area (Å²) in [6, 6.07) is 7.09. The number of nitrogens with zero attached hydrogens (tertiary/aromatic N) is 4. The standard InChI is InChI=1S/C15H13N5O/c1-3-19-12(17)10(8-16)7-11-14(19)18-13-9(2)5-4-6-20(13)15(11)21/h4-7,17H,3H2,1-2H3.